The van der Waals surface area contributed by atoms with Gasteiger partial charge in [-0.3, -0.25) is 4.21 Å². The van der Waals surface area contributed by atoms with Crippen LogP contribution in [0.15, 0.2) is 24.3 Å². The molecule has 96 valence electrons. The molecule has 1 aromatic carbocycles. The molecule has 0 aliphatic carbocycles. The average molecular weight is 259 g/mol. The highest BCUT2D eigenvalue weighted by molar-refractivity contribution is 7.84. The van der Waals surface area contributed by atoms with Gasteiger partial charge in [-0.2, -0.15) is 0 Å². The predicted octanol–water partition coefficient (Wildman–Crippen LogP) is 1.22. The van der Waals surface area contributed by atoms with E-state index in [4.69, 9.17) is 0 Å². The van der Waals surface area contributed by atoms with Crippen LogP contribution in [0, 0.1) is 5.82 Å². The van der Waals surface area contributed by atoms with Gasteiger partial charge in [0.25, 0.3) is 0 Å². The Bertz CT molecular complexity index is 387. The van der Waals surface area contributed by atoms with Gasteiger partial charge in [-0.15, -0.1) is 0 Å². The van der Waals surface area contributed by atoms with E-state index in [1.807, 2.05) is 6.92 Å². The smallest absolute Gasteiger partial charge is 0.129 e. The molecule has 0 aliphatic rings. The maximum atomic E-state index is 13.3. The van der Waals surface area contributed by atoms with Gasteiger partial charge in [-0.25, -0.2) is 4.39 Å². The molecule has 0 radical (unpaired) electrons. The molecule has 0 saturated heterocycles. The van der Waals surface area contributed by atoms with E-state index in [2.05, 4.69) is 5.32 Å². The third kappa shape index (κ3) is 4.93. The van der Waals surface area contributed by atoms with Crippen LogP contribution in [0.3, 0.4) is 0 Å². The lowest BCUT2D eigenvalue weighted by molar-refractivity contribution is 0.167. The molecule has 5 heteroatoms. The van der Waals surface area contributed by atoms with Crippen LogP contribution < -0.4 is 5.32 Å². The number of rotatable bonds is 6. The van der Waals surface area contributed by atoms with Gasteiger partial charge in [0.15, 0.2) is 0 Å². The van der Waals surface area contributed by atoms with Gasteiger partial charge in [-0.05, 0) is 13.0 Å². The Kier molecular flexibility index (Phi) is 5.74. The number of benzene rings is 1. The Labute approximate surface area is 104 Å². The fourth-order valence-corrected chi connectivity index (χ4v) is 2.40. The Morgan fingerprint density at radius 2 is 2.12 bits per heavy atom. The molecule has 0 heterocycles. The summed E-state index contributed by atoms with van der Waals surface area (Å²) < 4.78 is 24.3. The lowest BCUT2D eigenvalue weighted by atomic mass is 10.1. The second kappa shape index (κ2) is 6.83. The molecule has 17 heavy (non-hydrogen) atoms. The van der Waals surface area contributed by atoms with E-state index < -0.39 is 22.7 Å². The first-order valence-corrected chi connectivity index (χ1v) is 7.19. The van der Waals surface area contributed by atoms with Crippen LogP contribution in [0.2, 0.25) is 0 Å². The van der Waals surface area contributed by atoms with Gasteiger partial charge in [0.1, 0.15) is 5.82 Å². The molecule has 0 fully saturated rings. The van der Waals surface area contributed by atoms with Crippen molar-refractivity contribution in [3.8, 4) is 0 Å². The minimum absolute atomic E-state index is 0.0299. The summed E-state index contributed by atoms with van der Waals surface area (Å²) in [5.74, 6) is 0.109. The van der Waals surface area contributed by atoms with E-state index in [1.54, 1.807) is 24.5 Å². The minimum Gasteiger partial charge on any atom is -0.387 e. The molecule has 3 unspecified atom stereocenters. The van der Waals surface area contributed by atoms with Crippen LogP contribution in [-0.2, 0) is 10.8 Å². The van der Waals surface area contributed by atoms with Crippen LogP contribution in [0.5, 0.6) is 0 Å². The summed E-state index contributed by atoms with van der Waals surface area (Å²) in [7, 11) is -0.877. The van der Waals surface area contributed by atoms with Crippen LogP contribution in [0.4, 0.5) is 4.39 Å². The standard InChI is InChI=1S/C12H18FNO2S/c1-9(8-17(2)16)14-7-12(15)10-5-3-4-6-11(10)13/h3-6,9,12,14-15H,7-8H2,1-2H3. The first kappa shape index (κ1) is 14.3. The number of nitrogens with one attached hydrogen (secondary N) is 1. The van der Waals surface area contributed by atoms with Crippen molar-refractivity contribution in [1.82, 2.24) is 5.32 Å². The molecular formula is C12H18FNO2S. The van der Waals surface area contributed by atoms with E-state index >= 15 is 0 Å². The zero-order valence-electron chi connectivity index (χ0n) is 10.0. The Morgan fingerprint density at radius 3 is 2.71 bits per heavy atom. The van der Waals surface area contributed by atoms with Crippen molar-refractivity contribution in [1.29, 1.82) is 0 Å². The molecule has 3 nitrogen and oxygen atoms in total. The molecule has 3 atom stereocenters. The molecule has 0 bridgehead atoms. The molecule has 1 aromatic rings. The van der Waals surface area contributed by atoms with Gasteiger partial charge >= 0.3 is 0 Å². The second-order valence-corrected chi connectivity index (χ2v) is 5.57. The zero-order valence-corrected chi connectivity index (χ0v) is 10.8. The quantitative estimate of drug-likeness (QED) is 0.807. The molecule has 0 amide bonds. The Morgan fingerprint density at radius 1 is 1.47 bits per heavy atom. The van der Waals surface area contributed by atoms with Crippen LogP contribution in [-0.4, -0.2) is 33.9 Å². The predicted molar refractivity (Wildman–Crippen MR) is 67.8 cm³/mol. The summed E-state index contributed by atoms with van der Waals surface area (Å²) in [6.07, 6.45) is 0.745. The summed E-state index contributed by atoms with van der Waals surface area (Å²) in [4.78, 5) is 0. The maximum Gasteiger partial charge on any atom is 0.129 e. The maximum absolute atomic E-state index is 13.3. The monoisotopic (exact) mass is 259 g/mol. The van der Waals surface area contributed by atoms with E-state index in [9.17, 15) is 13.7 Å². The summed E-state index contributed by atoms with van der Waals surface area (Å²) in [5.41, 5.74) is 0.282. The SMILES string of the molecule is CC(CS(C)=O)NCC(O)c1ccccc1F. The number of hydrogen-bond acceptors (Lipinski definition) is 3. The minimum atomic E-state index is -0.885. The Balaban J connectivity index is 2.47. The summed E-state index contributed by atoms with van der Waals surface area (Å²) in [6, 6.07) is 6.18. The van der Waals surface area contributed by atoms with E-state index in [1.165, 1.54) is 6.07 Å². The molecular weight excluding hydrogens is 241 g/mol. The molecule has 1 rings (SSSR count). The number of aliphatic hydroxyl groups is 1. The van der Waals surface area contributed by atoms with Crippen LogP contribution >= 0.6 is 0 Å². The fourth-order valence-electron chi connectivity index (χ4n) is 1.58. The highest BCUT2D eigenvalue weighted by Crippen LogP contribution is 2.15. The zero-order chi connectivity index (χ0) is 12.8. The lowest BCUT2D eigenvalue weighted by Gasteiger charge is -2.16. The van der Waals surface area contributed by atoms with Crippen molar-refractivity contribution in [2.75, 3.05) is 18.6 Å². The van der Waals surface area contributed by atoms with Gasteiger partial charge in [0.2, 0.25) is 0 Å². The summed E-state index contributed by atoms with van der Waals surface area (Å²) in [5, 5.41) is 12.8. The van der Waals surface area contributed by atoms with Gasteiger partial charge in [0, 0.05) is 41.0 Å². The fraction of sp³-hybridized carbons (Fsp3) is 0.500. The first-order chi connectivity index (χ1) is 8.00. The van der Waals surface area contributed by atoms with Crippen molar-refractivity contribution < 1.29 is 13.7 Å². The molecule has 2 N–H and O–H groups in total. The van der Waals surface area contributed by atoms with Crippen molar-refractivity contribution in [2.24, 2.45) is 0 Å². The van der Waals surface area contributed by atoms with Gasteiger partial charge in [-0.1, -0.05) is 18.2 Å². The topological polar surface area (TPSA) is 49.3 Å². The largest absolute Gasteiger partial charge is 0.387 e. The third-order valence-electron chi connectivity index (χ3n) is 2.41. The third-order valence-corrected chi connectivity index (χ3v) is 3.38. The lowest BCUT2D eigenvalue weighted by Crippen LogP contribution is -2.34. The number of halogens is 1. The van der Waals surface area contributed by atoms with Crippen molar-refractivity contribution in [2.45, 2.75) is 19.1 Å². The van der Waals surface area contributed by atoms with Crippen molar-refractivity contribution >= 4 is 10.8 Å². The Hall–Kier alpha value is -0.780. The van der Waals surface area contributed by atoms with Gasteiger partial charge < -0.3 is 10.4 Å². The normalized spacial score (nSPS) is 16.5. The molecule has 0 aliphatic heterocycles. The molecule has 0 spiro atoms. The number of aliphatic hydroxyl groups excluding tert-OH is 1. The van der Waals surface area contributed by atoms with Crippen molar-refractivity contribution in [3.63, 3.8) is 0 Å². The van der Waals surface area contributed by atoms with Crippen LogP contribution in [0.1, 0.15) is 18.6 Å². The molecule has 0 saturated carbocycles. The molecule has 0 aromatic heterocycles. The summed E-state index contributed by atoms with van der Waals surface area (Å²) >= 11 is 0. The average Bonchev–Trinajstić information content (AvgIpc) is 2.25. The van der Waals surface area contributed by atoms with Crippen LogP contribution in [0.25, 0.3) is 0 Å². The first-order valence-electron chi connectivity index (χ1n) is 5.46. The van der Waals surface area contributed by atoms with E-state index in [0.717, 1.165) is 0 Å². The highest BCUT2D eigenvalue weighted by atomic mass is 32.2. The summed E-state index contributed by atoms with van der Waals surface area (Å²) in [6.45, 7) is 2.13. The van der Waals surface area contributed by atoms with Crippen molar-refractivity contribution in [3.05, 3.63) is 35.6 Å². The van der Waals surface area contributed by atoms with Gasteiger partial charge in [0.05, 0.1) is 6.10 Å². The number of hydrogen-bond donors (Lipinski definition) is 2. The van der Waals surface area contributed by atoms with E-state index in [-0.39, 0.29) is 18.2 Å². The second-order valence-electron chi connectivity index (χ2n) is 4.09. The highest BCUT2D eigenvalue weighted by Gasteiger charge is 2.13. The van der Waals surface area contributed by atoms with E-state index in [0.29, 0.717) is 5.75 Å².